The molecule has 0 aliphatic carbocycles. The van der Waals surface area contributed by atoms with Gasteiger partial charge in [-0.15, -0.1) is 0 Å². The molecule has 0 saturated heterocycles. The van der Waals surface area contributed by atoms with E-state index in [0.29, 0.717) is 18.2 Å². The first-order chi connectivity index (χ1) is 8.58. The molecule has 0 bridgehead atoms. The minimum absolute atomic E-state index is 0.107. The molecular formula is C13H21N3O2. The highest BCUT2D eigenvalue weighted by atomic mass is 16.4. The Morgan fingerprint density at radius 3 is 2.72 bits per heavy atom. The molecule has 0 radical (unpaired) electrons. The number of nitrogens with zero attached hydrogens (tertiary/aromatic N) is 2. The average Bonchev–Trinajstić information content (AvgIpc) is 2.37. The van der Waals surface area contributed by atoms with Crippen LogP contribution in [-0.2, 0) is 6.54 Å². The van der Waals surface area contributed by atoms with E-state index in [4.69, 9.17) is 16.0 Å². The fourth-order valence-corrected chi connectivity index (χ4v) is 1.77. The predicted molar refractivity (Wildman–Crippen MR) is 71.6 cm³/mol. The normalized spacial score (nSPS) is 12.4. The molecule has 1 aromatic carbocycles. The number of oxime groups is 1. The van der Waals surface area contributed by atoms with Gasteiger partial charge in [-0.3, -0.25) is 4.90 Å². The summed E-state index contributed by atoms with van der Waals surface area (Å²) >= 11 is 0. The Hall–Kier alpha value is -1.59. The molecule has 4 N–H and O–H groups in total. The second-order valence-corrected chi connectivity index (χ2v) is 4.47. The lowest BCUT2D eigenvalue weighted by atomic mass is 10.1. The van der Waals surface area contributed by atoms with E-state index in [2.05, 4.69) is 23.9 Å². The van der Waals surface area contributed by atoms with Gasteiger partial charge in [0, 0.05) is 24.7 Å². The third-order valence-corrected chi connectivity index (χ3v) is 2.83. The van der Waals surface area contributed by atoms with Gasteiger partial charge in [-0.2, -0.15) is 0 Å². The SMILES string of the molecule is CC(C)N(CCO)Cc1cccc(C(N)=NO)c1. The summed E-state index contributed by atoms with van der Waals surface area (Å²) in [4.78, 5) is 2.16. The molecule has 0 atom stereocenters. The zero-order valence-electron chi connectivity index (χ0n) is 10.9. The number of amidine groups is 1. The van der Waals surface area contributed by atoms with Crippen molar-refractivity contribution in [2.75, 3.05) is 13.2 Å². The van der Waals surface area contributed by atoms with Crippen molar-refractivity contribution in [1.29, 1.82) is 0 Å². The first kappa shape index (κ1) is 14.5. The summed E-state index contributed by atoms with van der Waals surface area (Å²) < 4.78 is 0. The molecule has 0 spiro atoms. The molecule has 1 aromatic rings. The highest BCUT2D eigenvalue weighted by Crippen LogP contribution is 2.10. The lowest BCUT2D eigenvalue weighted by molar-refractivity contribution is 0.159. The number of hydrogen-bond acceptors (Lipinski definition) is 4. The van der Waals surface area contributed by atoms with Crippen LogP contribution in [0, 0.1) is 0 Å². The van der Waals surface area contributed by atoms with Crippen LogP contribution in [0.25, 0.3) is 0 Å². The second kappa shape index (κ2) is 6.98. The number of rotatable bonds is 6. The van der Waals surface area contributed by atoms with E-state index in [-0.39, 0.29) is 12.4 Å². The number of aliphatic hydroxyl groups excluding tert-OH is 1. The van der Waals surface area contributed by atoms with Gasteiger partial charge in [0.2, 0.25) is 0 Å². The van der Waals surface area contributed by atoms with Crippen LogP contribution in [0.4, 0.5) is 0 Å². The smallest absolute Gasteiger partial charge is 0.170 e. The highest BCUT2D eigenvalue weighted by molar-refractivity contribution is 5.97. The molecule has 0 amide bonds. The molecule has 0 aliphatic rings. The van der Waals surface area contributed by atoms with E-state index in [1.807, 2.05) is 18.2 Å². The zero-order valence-corrected chi connectivity index (χ0v) is 10.9. The first-order valence-corrected chi connectivity index (χ1v) is 6.00. The number of benzene rings is 1. The topological polar surface area (TPSA) is 82.1 Å². The molecule has 0 aliphatic heterocycles. The minimum Gasteiger partial charge on any atom is -0.409 e. The van der Waals surface area contributed by atoms with Crippen LogP contribution >= 0.6 is 0 Å². The Balaban J connectivity index is 2.83. The van der Waals surface area contributed by atoms with Crippen molar-refractivity contribution in [3.8, 4) is 0 Å². The van der Waals surface area contributed by atoms with Crippen LogP contribution in [0.2, 0.25) is 0 Å². The largest absolute Gasteiger partial charge is 0.409 e. The zero-order chi connectivity index (χ0) is 13.5. The van der Waals surface area contributed by atoms with Gasteiger partial charge in [-0.25, -0.2) is 0 Å². The van der Waals surface area contributed by atoms with E-state index in [9.17, 15) is 0 Å². The lowest BCUT2D eigenvalue weighted by Crippen LogP contribution is -2.33. The van der Waals surface area contributed by atoms with Crippen molar-refractivity contribution in [3.05, 3.63) is 35.4 Å². The Morgan fingerprint density at radius 2 is 2.17 bits per heavy atom. The van der Waals surface area contributed by atoms with Gasteiger partial charge in [0.15, 0.2) is 5.84 Å². The van der Waals surface area contributed by atoms with Gasteiger partial charge in [0.25, 0.3) is 0 Å². The summed E-state index contributed by atoms with van der Waals surface area (Å²) in [6.45, 7) is 5.67. The van der Waals surface area contributed by atoms with Crippen LogP contribution in [0.3, 0.4) is 0 Å². The Morgan fingerprint density at radius 1 is 1.44 bits per heavy atom. The van der Waals surface area contributed by atoms with E-state index >= 15 is 0 Å². The second-order valence-electron chi connectivity index (χ2n) is 4.47. The van der Waals surface area contributed by atoms with E-state index in [1.165, 1.54) is 0 Å². The summed E-state index contributed by atoms with van der Waals surface area (Å²) in [6.07, 6.45) is 0. The maximum Gasteiger partial charge on any atom is 0.170 e. The molecule has 0 heterocycles. The quantitative estimate of drug-likeness (QED) is 0.305. The molecule has 0 saturated carbocycles. The molecule has 100 valence electrons. The van der Waals surface area contributed by atoms with E-state index in [1.54, 1.807) is 6.07 Å². The number of aliphatic hydroxyl groups is 1. The van der Waals surface area contributed by atoms with Crippen molar-refractivity contribution >= 4 is 5.84 Å². The van der Waals surface area contributed by atoms with Crippen LogP contribution in [0.1, 0.15) is 25.0 Å². The fourth-order valence-electron chi connectivity index (χ4n) is 1.77. The predicted octanol–water partition coefficient (Wildman–Crippen LogP) is 0.984. The van der Waals surface area contributed by atoms with Crippen molar-refractivity contribution < 1.29 is 10.3 Å². The molecule has 5 nitrogen and oxygen atoms in total. The third-order valence-electron chi connectivity index (χ3n) is 2.83. The lowest BCUT2D eigenvalue weighted by Gasteiger charge is -2.25. The van der Waals surface area contributed by atoms with Crippen LogP contribution < -0.4 is 5.73 Å². The first-order valence-electron chi connectivity index (χ1n) is 6.00. The monoisotopic (exact) mass is 251 g/mol. The highest BCUT2D eigenvalue weighted by Gasteiger charge is 2.10. The minimum atomic E-state index is 0.107. The van der Waals surface area contributed by atoms with Crippen LogP contribution in [-0.4, -0.2) is 40.2 Å². The fraction of sp³-hybridized carbons (Fsp3) is 0.462. The maximum absolute atomic E-state index is 9.03. The van der Waals surface area contributed by atoms with Crippen molar-refractivity contribution in [2.45, 2.75) is 26.4 Å². The van der Waals surface area contributed by atoms with Crippen LogP contribution in [0.5, 0.6) is 0 Å². The average molecular weight is 251 g/mol. The molecule has 0 unspecified atom stereocenters. The Kier molecular flexibility index (Phi) is 5.61. The van der Waals surface area contributed by atoms with Crippen molar-refractivity contribution in [2.24, 2.45) is 10.9 Å². The van der Waals surface area contributed by atoms with Gasteiger partial charge in [-0.05, 0) is 25.5 Å². The standard InChI is InChI=1S/C13H21N3O2/c1-10(2)16(6-7-17)9-11-4-3-5-12(8-11)13(14)15-18/h3-5,8,10,17-18H,6-7,9H2,1-2H3,(H2,14,15). The molecule has 0 aromatic heterocycles. The van der Waals surface area contributed by atoms with Gasteiger partial charge >= 0.3 is 0 Å². The molecule has 5 heteroatoms. The van der Waals surface area contributed by atoms with Gasteiger partial charge in [0.1, 0.15) is 0 Å². The number of hydrogen-bond donors (Lipinski definition) is 3. The summed E-state index contributed by atoms with van der Waals surface area (Å²) in [6, 6.07) is 7.90. The molecule has 18 heavy (non-hydrogen) atoms. The van der Waals surface area contributed by atoms with Crippen molar-refractivity contribution in [1.82, 2.24) is 4.90 Å². The maximum atomic E-state index is 9.03. The number of nitrogens with two attached hydrogens (primary N) is 1. The Bertz CT molecular complexity index is 405. The van der Waals surface area contributed by atoms with Crippen LogP contribution in [0.15, 0.2) is 29.4 Å². The molecule has 0 fully saturated rings. The molecular weight excluding hydrogens is 230 g/mol. The molecule has 1 rings (SSSR count). The summed E-state index contributed by atoms with van der Waals surface area (Å²) in [5.74, 6) is 0.107. The summed E-state index contributed by atoms with van der Waals surface area (Å²) in [5.41, 5.74) is 7.33. The third kappa shape index (κ3) is 4.01. The Labute approximate surface area is 108 Å². The van der Waals surface area contributed by atoms with Crippen molar-refractivity contribution in [3.63, 3.8) is 0 Å². The van der Waals surface area contributed by atoms with E-state index in [0.717, 1.165) is 12.1 Å². The van der Waals surface area contributed by atoms with Gasteiger partial charge in [0.05, 0.1) is 6.61 Å². The summed E-state index contributed by atoms with van der Waals surface area (Å²) in [5, 5.41) is 20.7. The van der Waals surface area contributed by atoms with E-state index < -0.39 is 0 Å². The summed E-state index contributed by atoms with van der Waals surface area (Å²) in [7, 11) is 0. The van der Waals surface area contributed by atoms with Gasteiger partial charge in [-0.1, -0.05) is 23.4 Å². The van der Waals surface area contributed by atoms with Gasteiger partial charge < -0.3 is 16.0 Å².